The molecule has 0 spiro atoms. The van der Waals surface area contributed by atoms with E-state index >= 15 is 0 Å². The largest absolute Gasteiger partial charge is 0.497 e. The van der Waals surface area contributed by atoms with Crippen LogP contribution < -0.4 is 14.8 Å². The van der Waals surface area contributed by atoms with Gasteiger partial charge in [-0.3, -0.25) is 4.79 Å². The molecule has 7 heteroatoms. The fraction of sp³-hybridized carbons (Fsp3) is 0.304. The van der Waals surface area contributed by atoms with Crippen LogP contribution in [0.4, 0.5) is 4.39 Å². The summed E-state index contributed by atoms with van der Waals surface area (Å²) in [7, 11) is 1.61. The van der Waals surface area contributed by atoms with E-state index in [2.05, 4.69) is 10.4 Å². The Labute approximate surface area is 174 Å². The first-order chi connectivity index (χ1) is 14.5. The van der Waals surface area contributed by atoms with Crippen LogP contribution in [0.2, 0.25) is 0 Å². The molecule has 4 rings (SSSR count). The number of hydrogen-bond acceptors (Lipinski definition) is 4. The molecule has 6 nitrogen and oxygen atoms in total. The molecule has 1 fully saturated rings. The van der Waals surface area contributed by atoms with Gasteiger partial charge in [0.05, 0.1) is 18.5 Å². The second kappa shape index (κ2) is 8.57. The van der Waals surface area contributed by atoms with Crippen molar-refractivity contribution in [1.29, 1.82) is 0 Å². The van der Waals surface area contributed by atoms with Gasteiger partial charge in [0.2, 0.25) is 11.8 Å². The quantitative estimate of drug-likeness (QED) is 0.601. The van der Waals surface area contributed by atoms with Crippen LogP contribution in [-0.2, 0) is 11.2 Å². The van der Waals surface area contributed by atoms with Crippen molar-refractivity contribution < 1.29 is 18.7 Å². The Morgan fingerprint density at radius 2 is 1.97 bits per heavy atom. The molecule has 0 bridgehead atoms. The Morgan fingerprint density at radius 3 is 2.63 bits per heavy atom. The highest BCUT2D eigenvalue weighted by atomic mass is 19.1. The number of amides is 1. The molecule has 1 aliphatic carbocycles. The van der Waals surface area contributed by atoms with Crippen LogP contribution in [0.5, 0.6) is 17.4 Å². The number of benzene rings is 2. The van der Waals surface area contributed by atoms with Crippen molar-refractivity contribution in [2.24, 2.45) is 0 Å². The zero-order chi connectivity index (χ0) is 21.1. The van der Waals surface area contributed by atoms with E-state index < -0.39 is 0 Å². The van der Waals surface area contributed by atoms with Crippen LogP contribution in [0.1, 0.15) is 30.5 Å². The maximum absolute atomic E-state index is 13.7. The summed E-state index contributed by atoms with van der Waals surface area (Å²) >= 11 is 0. The van der Waals surface area contributed by atoms with E-state index in [1.807, 2.05) is 31.2 Å². The fourth-order valence-corrected chi connectivity index (χ4v) is 3.24. The monoisotopic (exact) mass is 409 g/mol. The van der Waals surface area contributed by atoms with Gasteiger partial charge in [-0.2, -0.15) is 5.10 Å². The summed E-state index contributed by atoms with van der Waals surface area (Å²) in [6, 6.07) is 13.7. The van der Waals surface area contributed by atoms with Crippen molar-refractivity contribution in [3.8, 4) is 23.1 Å². The van der Waals surface area contributed by atoms with E-state index in [4.69, 9.17) is 9.47 Å². The predicted octanol–water partition coefficient (Wildman–Crippen LogP) is 4.33. The van der Waals surface area contributed by atoms with E-state index in [9.17, 15) is 9.18 Å². The molecule has 0 atom stereocenters. The fourth-order valence-electron chi connectivity index (χ4n) is 3.24. The molecule has 3 aromatic rings. The first kappa shape index (κ1) is 19.9. The summed E-state index contributed by atoms with van der Waals surface area (Å²) in [4.78, 5) is 12.2. The van der Waals surface area contributed by atoms with Crippen LogP contribution >= 0.6 is 0 Å². The molecule has 1 aromatic heterocycles. The molecule has 1 N–H and O–H groups in total. The highest BCUT2D eigenvalue weighted by Gasteiger charge is 2.24. The summed E-state index contributed by atoms with van der Waals surface area (Å²) < 4.78 is 26.7. The maximum atomic E-state index is 13.7. The van der Waals surface area contributed by atoms with Crippen molar-refractivity contribution in [2.45, 2.75) is 38.6 Å². The van der Waals surface area contributed by atoms with Crippen molar-refractivity contribution in [3.63, 3.8) is 0 Å². The van der Waals surface area contributed by atoms with Crippen molar-refractivity contribution in [1.82, 2.24) is 15.1 Å². The third-order valence-corrected chi connectivity index (χ3v) is 5.01. The minimum atomic E-state index is -0.384. The number of rotatable bonds is 8. The normalized spacial score (nSPS) is 13.2. The molecule has 30 heavy (non-hydrogen) atoms. The number of halogens is 1. The molecular formula is C23H24FN3O3. The van der Waals surface area contributed by atoms with Crippen molar-refractivity contribution >= 4 is 5.91 Å². The molecule has 0 radical (unpaired) electrons. The summed E-state index contributed by atoms with van der Waals surface area (Å²) in [5, 5.41) is 7.63. The average molecular weight is 409 g/mol. The highest BCUT2D eigenvalue weighted by molar-refractivity contribution is 5.77. The summed E-state index contributed by atoms with van der Waals surface area (Å²) in [5.74, 6) is 1.21. The standard InChI is InChI=1S/C23H24FN3O3/c1-15-21(12-13-22(28)25-17-6-7-17)23(30-20-5-3-4-16(24)14-20)27(26-15)18-8-10-19(29-2)11-9-18/h3-5,8-11,14,17H,6-7,12-13H2,1-2H3,(H,25,28). The lowest BCUT2D eigenvalue weighted by atomic mass is 10.1. The Morgan fingerprint density at radius 1 is 1.20 bits per heavy atom. The van der Waals surface area contributed by atoms with Crippen LogP contribution in [0, 0.1) is 12.7 Å². The van der Waals surface area contributed by atoms with E-state index in [-0.39, 0.29) is 11.7 Å². The number of carbonyl (C=O) groups is 1. The van der Waals surface area contributed by atoms with Crippen LogP contribution in [0.25, 0.3) is 5.69 Å². The Hall–Kier alpha value is -3.35. The first-order valence-electron chi connectivity index (χ1n) is 9.99. The van der Waals surface area contributed by atoms with Gasteiger partial charge in [-0.25, -0.2) is 9.07 Å². The minimum absolute atomic E-state index is 0.0193. The number of hydrogen-bond donors (Lipinski definition) is 1. The molecule has 0 unspecified atom stereocenters. The zero-order valence-corrected chi connectivity index (χ0v) is 17.0. The van der Waals surface area contributed by atoms with E-state index in [1.54, 1.807) is 23.9 Å². The molecule has 1 amide bonds. The Balaban J connectivity index is 1.66. The molecule has 156 valence electrons. The van der Waals surface area contributed by atoms with Crippen molar-refractivity contribution in [2.75, 3.05) is 7.11 Å². The van der Waals surface area contributed by atoms with E-state index in [0.717, 1.165) is 35.5 Å². The van der Waals surface area contributed by atoms with Gasteiger partial charge in [-0.1, -0.05) is 6.07 Å². The number of aromatic nitrogens is 2. The van der Waals surface area contributed by atoms with E-state index in [0.29, 0.717) is 30.5 Å². The number of aryl methyl sites for hydroxylation is 1. The van der Waals surface area contributed by atoms with E-state index in [1.165, 1.54) is 12.1 Å². The lowest BCUT2D eigenvalue weighted by molar-refractivity contribution is -0.121. The van der Waals surface area contributed by atoms with Gasteiger partial charge >= 0.3 is 0 Å². The smallest absolute Gasteiger partial charge is 0.226 e. The van der Waals surface area contributed by atoms with Gasteiger partial charge in [-0.15, -0.1) is 0 Å². The highest BCUT2D eigenvalue weighted by Crippen LogP contribution is 2.32. The second-order valence-corrected chi connectivity index (χ2v) is 7.38. The van der Waals surface area contributed by atoms with Crippen LogP contribution in [0.15, 0.2) is 48.5 Å². The van der Waals surface area contributed by atoms with Crippen molar-refractivity contribution in [3.05, 3.63) is 65.6 Å². The minimum Gasteiger partial charge on any atom is -0.497 e. The lowest BCUT2D eigenvalue weighted by Gasteiger charge is -2.12. The summed E-state index contributed by atoms with van der Waals surface area (Å²) in [5.41, 5.74) is 2.36. The van der Waals surface area contributed by atoms with Gasteiger partial charge in [0.1, 0.15) is 17.3 Å². The summed E-state index contributed by atoms with van der Waals surface area (Å²) in [6.45, 7) is 1.88. The van der Waals surface area contributed by atoms with Gasteiger partial charge in [0.15, 0.2) is 0 Å². The number of nitrogens with zero attached hydrogens (tertiary/aromatic N) is 2. The summed E-state index contributed by atoms with van der Waals surface area (Å²) in [6.07, 6.45) is 2.92. The molecule has 0 aliphatic heterocycles. The first-order valence-corrected chi connectivity index (χ1v) is 9.99. The topological polar surface area (TPSA) is 65.4 Å². The van der Waals surface area contributed by atoms with Crippen LogP contribution in [-0.4, -0.2) is 28.8 Å². The molecule has 2 aromatic carbocycles. The second-order valence-electron chi connectivity index (χ2n) is 7.38. The Kier molecular flexibility index (Phi) is 5.70. The molecule has 1 aliphatic rings. The molecular weight excluding hydrogens is 385 g/mol. The molecule has 1 saturated carbocycles. The Bertz CT molecular complexity index is 1040. The molecule has 1 heterocycles. The van der Waals surface area contributed by atoms with Crippen LogP contribution in [0.3, 0.4) is 0 Å². The number of nitrogens with one attached hydrogen (secondary N) is 1. The lowest BCUT2D eigenvalue weighted by Crippen LogP contribution is -2.25. The average Bonchev–Trinajstić information content (AvgIpc) is 3.50. The van der Waals surface area contributed by atoms with Gasteiger partial charge in [0.25, 0.3) is 0 Å². The number of carbonyl (C=O) groups excluding carboxylic acids is 1. The third-order valence-electron chi connectivity index (χ3n) is 5.01. The zero-order valence-electron chi connectivity index (χ0n) is 17.0. The third kappa shape index (κ3) is 4.62. The van der Waals surface area contributed by atoms with Gasteiger partial charge in [0, 0.05) is 24.1 Å². The number of methoxy groups -OCH3 is 1. The predicted molar refractivity (Wildman–Crippen MR) is 111 cm³/mol. The number of ether oxygens (including phenoxy) is 2. The van der Waals surface area contributed by atoms with Gasteiger partial charge in [-0.05, 0) is 62.6 Å². The van der Waals surface area contributed by atoms with Gasteiger partial charge < -0.3 is 14.8 Å². The maximum Gasteiger partial charge on any atom is 0.226 e. The SMILES string of the molecule is COc1ccc(-n2nc(C)c(CCC(=O)NC3CC3)c2Oc2cccc(F)c2)cc1. The molecule has 0 saturated heterocycles.